The minimum Gasteiger partial charge on any atom is -0.494 e. The van der Waals surface area contributed by atoms with Gasteiger partial charge in [0.2, 0.25) is 11.8 Å². The van der Waals surface area contributed by atoms with Crippen molar-refractivity contribution in [3.8, 4) is 5.75 Å². The van der Waals surface area contributed by atoms with E-state index in [1.807, 2.05) is 6.92 Å². The second kappa shape index (κ2) is 9.07. The Balaban J connectivity index is 1.47. The van der Waals surface area contributed by atoms with E-state index in [1.54, 1.807) is 41.3 Å². The average Bonchev–Trinajstić information content (AvgIpc) is 3.35. The van der Waals surface area contributed by atoms with Gasteiger partial charge in [0.1, 0.15) is 11.5 Å². The molecule has 0 aliphatic carbocycles. The molecule has 8 heteroatoms. The van der Waals surface area contributed by atoms with E-state index in [1.165, 1.54) is 6.26 Å². The predicted octanol–water partition coefficient (Wildman–Crippen LogP) is 1.88. The molecule has 148 valence electrons. The zero-order chi connectivity index (χ0) is 19.9. The van der Waals surface area contributed by atoms with Crippen molar-refractivity contribution < 1.29 is 23.5 Å². The van der Waals surface area contributed by atoms with Gasteiger partial charge in [0, 0.05) is 18.5 Å². The zero-order valence-electron chi connectivity index (χ0n) is 15.6. The number of nitrogens with zero attached hydrogens (tertiary/aromatic N) is 1. The Morgan fingerprint density at radius 2 is 2.00 bits per heavy atom. The van der Waals surface area contributed by atoms with Gasteiger partial charge in [-0.15, -0.1) is 0 Å². The molecule has 1 saturated heterocycles. The third-order valence-corrected chi connectivity index (χ3v) is 4.40. The van der Waals surface area contributed by atoms with E-state index in [-0.39, 0.29) is 18.9 Å². The van der Waals surface area contributed by atoms with Crippen LogP contribution in [0.2, 0.25) is 0 Å². The Labute approximate surface area is 162 Å². The largest absolute Gasteiger partial charge is 0.494 e. The van der Waals surface area contributed by atoms with E-state index in [0.717, 1.165) is 6.42 Å². The number of benzene rings is 1. The first kappa shape index (κ1) is 19.5. The summed E-state index contributed by atoms with van der Waals surface area (Å²) in [6.45, 7) is 3.23. The normalized spacial score (nSPS) is 16.1. The molecule has 0 saturated carbocycles. The number of furan rings is 1. The van der Waals surface area contributed by atoms with Crippen LogP contribution in [0.5, 0.6) is 5.75 Å². The summed E-state index contributed by atoms with van der Waals surface area (Å²) in [5.41, 5.74) is 5.18. The van der Waals surface area contributed by atoms with Gasteiger partial charge in [-0.25, -0.2) is 0 Å². The lowest BCUT2D eigenvalue weighted by Crippen LogP contribution is -2.45. The van der Waals surface area contributed by atoms with Crippen LogP contribution < -0.4 is 15.6 Å². The van der Waals surface area contributed by atoms with Crippen molar-refractivity contribution >= 4 is 17.7 Å². The van der Waals surface area contributed by atoms with Gasteiger partial charge < -0.3 is 14.1 Å². The highest BCUT2D eigenvalue weighted by atomic mass is 16.5. The Hall–Kier alpha value is -3.29. The van der Waals surface area contributed by atoms with Crippen molar-refractivity contribution in [2.24, 2.45) is 5.92 Å². The van der Waals surface area contributed by atoms with Gasteiger partial charge in [-0.3, -0.25) is 25.2 Å². The molecule has 2 aromatic rings. The topological polar surface area (TPSA) is 101 Å². The Kier molecular flexibility index (Phi) is 6.31. The lowest BCUT2D eigenvalue weighted by molar-refractivity contribution is -0.129. The molecule has 2 heterocycles. The van der Waals surface area contributed by atoms with Crippen LogP contribution in [0.25, 0.3) is 0 Å². The Bertz CT molecular complexity index is 817. The smallest absolute Gasteiger partial charge is 0.269 e. The molecule has 0 spiro atoms. The van der Waals surface area contributed by atoms with Crippen LogP contribution in [0.1, 0.15) is 35.9 Å². The molecule has 1 atom stereocenters. The van der Waals surface area contributed by atoms with E-state index in [9.17, 15) is 14.4 Å². The van der Waals surface area contributed by atoms with Crippen LogP contribution in [-0.4, -0.2) is 35.8 Å². The van der Waals surface area contributed by atoms with Crippen LogP contribution >= 0.6 is 0 Å². The molecule has 28 heavy (non-hydrogen) atoms. The third-order valence-electron chi connectivity index (χ3n) is 4.40. The van der Waals surface area contributed by atoms with Gasteiger partial charge in [0.25, 0.3) is 5.91 Å². The zero-order valence-corrected chi connectivity index (χ0v) is 15.6. The maximum Gasteiger partial charge on any atom is 0.269 e. The fraction of sp³-hybridized carbons (Fsp3) is 0.350. The fourth-order valence-corrected chi connectivity index (χ4v) is 2.91. The maximum atomic E-state index is 12.3. The first-order valence-corrected chi connectivity index (χ1v) is 9.20. The molecule has 8 nitrogen and oxygen atoms in total. The first-order valence-electron chi connectivity index (χ1n) is 9.20. The molecule has 0 radical (unpaired) electrons. The summed E-state index contributed by atoms with van der Waals surface area (Å²) >= 11 is 0. The fourth-order valence-electron chi connectivity index (χ4n) is 2.91. The highest BCUT2D eigenvalue weighted by Gasteiger charge is 2.34. The highest BCUT2D eigenvalue weighted by molar-refractivity contribution is 5.96. The van der Waals surface area contributed by atoms with Gasteiger partial charge in [-0.05, 0) is 42.8 Å². The second-order valence-electron chi connectivity index (χ2n) is 6.57. The monoisotopic (exact) mass is 385 g/mol. The van der Waals surface area contributed by atoms with Crippen molar-refractivity contribution in [2.75, 3.05) is 13.2 Å². The number of amides is 3. The van der Waals surface area contributed by atoms with E-state index in [4.69, 9.17) is 9.15 Å². The minimum absolute atomic E-state index is 0.103. The highest BCUT2D eigenvalue weighted by Crippen LogP contribution is 2.20. The number of hydrazine groups is 1. The van der Waals surface area contributed by atoms with E-state index < -0.39 is 17.7 Å². The molecule has 1 unspecified atom stereocenters. The molecule has 2 N–H and O–H groups in total. The SMILES string of the molecule is CCCOc1ccc(C(=O)NNC(=O)C2CC(=O)N(Cc3ccco3)C2)cc1. The molecular weight excluding hydrogens is 362 g/mol. The number of hydrogen-bond donors (Lipinski definition) is 2. The van der Waals surface area contributed by atoms with Crippen LogP contribution in [0, 0.1) is 5.92 Å². The molecule has 1 aliphatic heterocycles. The van der Waals surface area contributed by atoms with Gasteiger partial charge >= 0.3 is 0 Å². The Morgan fingerprint density at radius 3 is 2.68 bits per heavy atom. The summed E-state index contributed by atoms with van der Waals surface area (Å²) in [5, 5.41) is 0. The number of nitrogens with one attached hydrogen (secondary N) is 2. The summed E-state index contributed by atoms with van der Waals surface area (Å²) in [7, 11) is 0. The molecule has 3 amide bonds. The molecule has 1 aliphatic rings. The number of ether oxygens (including phenoxy) is 1. The average molecular weight is 385 g/mol. The summed E-state index contributed by atoms with van der Waals surface area (Å²) in [4.78, 5) is 38.1. The lowest BCUT2D eigenvalue weighted by Gasteiger charge is -2.15. The van der Waals surface area contributed by atoms with Crippen LogP contribution in [-0.2, 0) is 16.1 Å². The quantitative estimate of drug-likeness (QED) is 0.709. The van der Waals surface area contributed by atoms with Crippen molar-refractivity contribution in [2.45, 2.75) is 26.3 Å². The number of hydrogen-bond acceptors (Lipinski definition) is 5. The van der Waals surface area contributed by atoms with Gasteiger partial charge in [-0.2, -0.15) is 0 Å². The summed E-state index contributed by atoms with van der Waals surface area (Å²) < 4.78 is 10.7. The molecule has 0 bridgehead atoms. The van der Waals surface area contributed by atoms with Gasteiger partial charge in [0.15, 0.2) is 0 Å². The predicted molar refractivity (Wildman–Crippen MR) is 100 cm³/mol. The van der Waals surface area contributed by atoms with Crippen LogP contribution in [0.4, 0.5) is 0 Å². The van der Waals surface area contributed by atoms with Crippen LogP contribution in [0.3, 0.4) is 0 Å². The van der Waals surface area contributed by atoms with Gasteiger partial charge in [-0.1, -0.05) is 6.92 Å². The number of carbonyl (C=O) groups is 3. The van der Waals surface area contributed by atoms with Crippen LogP contribution in [0.15, 0.2) is 47.1 Å². The lowest BCUT2D eigenvalue weighted by atomic mass is 10.1. The van der Waals surface area contributed by atoms with Crippen molar-refractivity contribution in [1.29, 1.82) is 0 Å². The van der Waals surface area contributed by atoms with E-state index >= 15 is 0 Å². The first-order chi connectivity index (χ1) is 13.6. The summed E-state index contributed by atoms with van der Waals surface area (Å²) in [6.07, 6.45) is 2.54. The van der Waals surface area contributed by atoms with Crippen molar-refractivity contribution in [3.63, 3.8) is 0 Å². The van der Waals surface area contributed by atoms with Gasteiger partial charge in [0.05, 0.1) is 25.3 Å². The van der Waals surface area contributed by atoms with Crippen molar-refractivity contribution in [3.05, 3.63) is 54.0 Å². The Morgan fingerprint density at radius 1 is 1.21 bits per heavy atom. The van der Waals surface area contributed by atoms with E-state index in [0.29, 0.717) is 30.2 Å². The summed E-state index contributed by atoms with van der Waals surface area (Å²) in [5.74, 6) is -0.130. The number of rotatable bonds is 7. The second-order valence-corrected chi connectivity index (χ2v) is 6.57. The molecule has 1 aromatic heterocycles. The minimum atomic E-state index is -0.521. The standard InChI is InChI=1S/C20H23N3O5/c1-2-9-27-16-7-5-14(6-8-16)19(25)21-22-20(26)15-11-18(24)23(12-15)13-17-4-3-10-28-17/h3-8,10,15H,2,9,11-13H2,1H3,(H,21,25)(H,22,26). The van der Waals surface area contributed by atoms with E-state index in [2.05, 4.69) is 10.9 Å². The molecule has 3 rings (SSSR count). The molecular formula is C20H23N3O5. The molecule has 1 aromatic carbocycles. The molecule has 1 fully saturated rings. The summed E-state index contributed by atoms with van der Waals surface area (Å²) in [6, 6.07) is 10.2. The number of carbonyl (C=O) groups excluding carboxylic acids is 3. The van der Waals surface area contributed by atoms with Crippen molar-refractivity contribution in [1.82, 2.24) is 15.8 Å². The number of likely N-dealkylation sites (tertiary alicyclic amines) is 1. The maximum absolute atomic E-state index is 12.3. The third kappa shape index (κ3) is 4.91.